The van der Waals surface area contributed by atoms with E-state index in [4.69, 9.17) is 5.11 Å². The Bertz CT molecular complexity index is 498. The molecule has 1 aromatic rings. The second-order valence-electron chi connectivity index (χ2n) is 6.47. The minimum atomic E-state index is -0.0515. The molecule has 134 valence electrons. The van der Waals surface area contributed by atoms with Crippen LogP contribution in [0.25, 0.3) is 0 Å². The van der Waals surface area contributed by atoms with Crippen LogP contribution in [-0.2, 0) is 0 Å². The van der Waals surface area contributed by atoms with Gasteiger partial charge in [-0.3, -0.25) is 0 Å². The van der Waals surface area contributed by atoms with E-state index in [1.165, 1.54) is 0 Å². The van der Waals surface area contributed by atoms with Crippen molar-refractivity contribution in [1.82, 2.24) is 15.2 Å². The van der Waals surface area contributed by atoms with E-state index in [0.717, 1.165) is 50.2 Å². The van der Waals surface area contributed by atoms with Gasteiger partial charge in [0.05, 0.1) is 6.61 Å². The van der Waals surface area contributed by atoms with Crippen LogP contribution in [-0.4, -0.2) is 59.8 Å². The highest BCUT2D eigenvalue weighted by Crippen LogP contribution is 2.18. The Morgan fingerprint density at radius 2 is 2.12 bits per heavy atom. The van der Waals surface area contributed by atoms with Gasteiger partial charge in [0.25, 0.3) is 0 Å². The first-order valence-corrected chi connectivity index (χ1v) is 8.98. The monoisotopic (exact) mass is 334 g/mol. The molecule has 6 heteroatoms. The maximum absolute atomic E-state index is 12.4. The number of hydrogen-bond acceptors (Lipinski definition) is 4. The van der Waals surface area contributed by atoms with Crippen molar-refractivity contribution < 1.29 is 9.90 Å². The van der Waals surface area contributed by atoms with Gasteiger partial charge >= 0.3 is 6.03 Å². The second-order valence-corrected chi connectivity index (χ2v) is 6.47. The number of carbonyl (C=O) groups is 1. The summed E-state index contributed by atoms with van der Waals surface area (Å²) in [5.74, 6) is 1.01. The Morgan fingerprint density at radius 3 is 2.71 bits per heavy atom. The standard InChI is InChI=1S/C18H30N4O2/c1-3-4-9-22(12-13-23)18(24)20-16-7-10-21(11-8-16)17-6-5-15(2)14-19-17/h5-6,14,16,23H,3-4,7-13H2,1-2H3,(H,20,24). The molecule has 0 spiro atoms. The molecule has 1 saturated heterocycles. The van der Waals surface area contributed by atoms with Crippen molar-refractivity contribution in [2.45, 2.75) is 45.6 Å². The molecule has 0 unspecified atom stereocenters. The van der Waals surface area contributed by atoms with E-state index in [1.54, 1.807) is 4.90 Å². The lowest BCUT2D eigenvalue weighted by Crippen LogP contribution is -2.50. The molecule has 0 aromatic carbocycles. The Kier molecular flexibility index (Phi) is 7.31. The fourth-order valence-corrected chi connectivity index (χ4v) is 2.95. The summed E-state index contributed by atoms with van der Waals surface area (Å²) in [4.78, 5) is 20.8. The van der Waals surface area contributed by atoms with Crippen molar-refractivity contribution >= 4 is 11.8 Å². The molecule has 0 saturated carbocycles. The van der Waals surface area contributed by atoms with E-state index >= 15 is 0 Å². The lowest BCUT2D eigenvalue weighted by molar-refractivity contribution is 0.171. The zero-order valence-corrected chi connectivity index (χ0v) is 14.9. The Balaban J connectivity index is 1.80. The summed E-state index contributed by atoms with van der Waals surface area (Å²) < 4.78 is 0. The van der Waals surface area contributed by atoms with E-state index in [1.807, 2.05) is 13.1 Å². The number of pyridine rings is 1. The van der Waals surface area contributed by atoms with Crippen molar-refractivity contribution in [3.05, 3.63) is 23.9 Å². The molecule has 1 aliphatic heterocycles. The zero-order chi connectivity index (χ0) is 17.4. The number of amides is 2. The van der Waals surface area contributed by atoms with Crippen molar-refractivity contribution in [2.75, 3.05) is 37.7 Å². The average molecular weight is 334 g/mol. The van der Waals surface area contributed by atoms with Crippen molar-refractivity contribution in [2.24, 2.45) is 0 Å². The number of hydrogen-bond donors (Lipinski definition) is 2. The second kappa shape index (κ2) is 9.47. The molecule has 0 aliphatic carbocycles. The largest absolute Gasteiger partial charge is 0.395 e. The summed E-state index contributed by atoms with van der Waals surface area (Å²) in [6.07, 6.45) is 5.73. The molecule has 2 N–H and O–H groups in total. The van der Waals surface area contributed by atoms with Gasteiger partial charge in [0, 0.05) is 38.4 Å². The number of carbonyl (C=O) groups excluding carboxylic acids is 1. The van der Waals surface area contributed by atoms with Crippen LogP contribution in [0, 0.1) is 6.92 Å². The van der Waals surface area contributed by atoms with Crippen molar-refractivity contribution in [3.8, 4) is 0 Å². The first-order valence-electron chi connectivity index (χ1n) is 8.98. The Hall–Kier alpha value is -1.82. The molecule has 1 aliphatic rings. The number of anilines is 1. The molecule has 2 rings (SSSR count). The van der Waals surface area contributed by atoms with Gasteiger partial charge < -0.3 is 20.2 Å². The van der Waals surface area contributed by atoms with Gasteiger partial charge in [-0.25, -0.2) is 9.78 Å². The van der Waals surface area contributed by atoms with Crippen LogP contribution < -0.4 is 10.2 Å². The van der Waals surface area contributed by atoms with Crippen LogP contribution in [0.15, 0.2) is 18.3 Å². The van der Waals surface area contributed by atoms with E-state index in [9.17, 15) is 4.79 Å². The van der Waals surface area contributed by atoms with Crippen LogP contribution in [0.5, 0.6) is 0 Å². The van der Waals surface area contributed by atoms with Crippen LogP contribution in [0.4, 0.5) is 10.6 Å². The van der Waals surface area contributed by atoms with Gasteiger partial charge in [-0.1, -0.05) is 19.4 Å². The number of aliphatic hydroxyl groups is 1. The average Bonchev–Trinajstić information content (AvgIpc) is 2.60. The lowest BCUT2D eigenvalue weighted by atomic mass is 10.1. The van der Waals surface area contributed by atoms with E-state index in [0.29, 0.717) is 13.1 Å². The van der Waals surface area contributed by atoms with Crippen molar-refractivity contribution in [1.29, 1.82) is 0 Å². The number of unbranched alkanes of at least 4 members (excludes halogenated alkanes) is 1. The summed E-state index contributed by atoms with van der Waals surface area (Å²) in [6, 6.07) is 4.28. The highest BCUT2D eigenvalue weighted by molar-refractivity contribution is 5.74. The van der Waals surface area contributed by atoms with Gasteiger partial charge in [-0.2, -0.15) is 0 Å². The van der Waals surface area contributed by atoms with E-state index in [-0.39, 0.29) is 18.7 Å². The van der Waals surface area contributed by atoms with E-state index < -0.39 is 0 Å². The van der Waals surface area contributed by atoms with Gasteiger partial charge in [0.15, 0.2) is 0 Å². The number of piperidine rings is 1. The highest BCUT2D eigenvalue weighted by Gasteiger charge is 2.23. The quantitative estimate of drug-likeness (QED) is 0.802. The number of nitrogens with zero attached hydrogens (tertiary/aromatic N) is 3. The number of nitrogens with one attached hydrogen (secondary N) is 1. The molecule has 6 nitrogen and oxygen atoms in total. The summed E-state index contributed by atoms with van der Waals surface area (Å²) in [5.41, 5.74) is 1.16. The minimum Gasteiger partial charge on any atom is -0.395 e. The molecule has 1 aromatic heterocycles. The molecule has 0 radical (unpaired) electrons. The first kappa shape index (κ1) is 18.5. The molecular formula is C18H30N4O2. The zero-order valence-electron chi connectivity index (χ0n) is 14.9. The number of urea groups is 1. The minimum absolute atomic E-state index is 0.00860. The molecular weight excluding hydrogens is 304 g/mol. The molecule has 2 amide bonds. The normalized spacial score (nSPS) is 15.4. The van der Waals surface area contributed by atoms with E-state index in [2.05, 4.69) is 34.3 Å². The predicted octanol–water partition coefficient (Wildman–Crippen LogP) is 2.16. The van der Waals surface area contributed by atoms with Gasteiger partial charge in [0.1, 0.15) is 5.82 Å². The topological polar surface area (TPSA) is 68.7 Å². The van der Waals surface area contributed by atoms with Crippen molar-refractivity contribution in [3.63, 3.8) is 0 Å². The molecule has 2 heterocycles. The summed E-state index contributed by atoms with van der Waals surface area (Å²) >= 11 is 0. The van der Waals surface area contributed by atoms with Gasteiger partial charge in [-0.05, 0) is 37.8 Å². The molecule has 24 heavy (non-hydrogen) atoms. The third-order valence-corrected chi connectivity index (χ3v) is 4.48. The fraction of sp³-hybridized carbons (Fsp3) is 0.667. The summed E-state index contributed by atoms with van der Waals surface area (Å²) in [7, 11) is 0. The smallest absolute Gasteiger partial charge is 0.317 e. The predicted molar refractivity (Wildman–Crippen MR) is 96.3 cm³/mol. The third kappa shape index (κ3) is 5.37. The van der Waals surface area contributed by atoms with Gasteiger partial charge in [-0.15, -0.1) is 0 Å². The SMILES string of the molecule is CCCCN(CCO)C(=O)NC1CCN(c2ccc(C)cn2)CC1. The van der Waals surface area contributed by atoms with Crippen LogP contribution in [0.3, 0.4) is 0 Å². The summed E-state index contributed by atoms with van der Waals surface area (Å²) in [5, 5.41) is 12.3. The molecule has 0 bridgehead atoms. The first-order chi connectivity index (χ1) is 11.6. The highest BCUT2D eigenvalue weighted by atomic mass is 16.3. The fourth-order valence-electron chi connectivity index (χ4n) is 2.95. The number of aryl methyl sites for hydroxylation is 1. The number of rotatable bonds is 7. The Labute approximate surface area is 144 Å². The maximum Gasteiger partial charge on any atom is 0.317 e. The lowest BCUT2D eigenvalue weighted by Gasteiger charge is -2.34. The van der Waals surface area contributed by atoms with Crippen LogP contribution in [0.2, 0.25) is 0 Å². The maximum atomic E-state index is 12.4. The van der Waals surface area contributed by atoms with Gasteiger partial charge in [0.2, 0.25) is 0 Å². The molecule has 0 atom stereocenters. The van der Waals surface area contributed by atoms with Crippen LogP contribution in [0.1, 0.15) is 38.2 Å². The Morgan fingerprint density at radius 1 is 1.38 bits per heavy atom. The third-order valence-electron chi connectivity index (χ3n) is 4.48. The molecule has 1 fully saturated rings. The number of aromatic nitrogens is 1. The number of aliphatic hydroxyl groups excluding tert-OH is 1. The van der Waals surface area contributed by atoms with Crippen LogP contribution >= 0.6 is 0 Å². The summed E-state index contributed by atoms with van der Waals surface area (Å²) in [6.45, 7) is 7.05.